The maximum atomic E-state index is 11.4. The van der Waals surface area contributed by atoms with Gasteiger partial charge in [-0.3, -0.25) is 4.79 Å². The van der Waals surface area contributed by atoms with Gasteiger partial charge in [0.2, 0.25) is 0 Å². The van der Waals surface area contributed by atoms with E-state index in [0.29, 0.717) is 12.2 Å². The van der Waals surface area contributed by atoms with Crippen LogP contribution in [-0.4, -0.2) is 10.9 Å². The quantitative estimate of drug-likeness (QED) is 0.834. The number of hydrogen-bond donors (Lipinski definition) is 1. The highest BCUT2D eigenvalue weighted by molar-refractivity contribution is 7.07. The highest BCUT2D eigenvalue weighted by Crippen LogP contribution is 2.02. The number of furan rings is 1. The van der Waals surface area contributed by atoms with Crippen LogP contribution in [0.3, 0.4) is 0 Å². The molecule has 0 aliphatic heterocycles. The van der Waals surface area contributed by atoms with Gasteiger partial charge >= 0.3 is 0 Å². The SMILES string of the molecule is O=C(NCc1ccco1)c1cscn1. The maximum Gasteiger partial charge on any atom is 0.271 e. The summed E-state index contributed by atoms with van der Waals surface area (Å²) in [6, 6.07) is 3.59. The summed E-state index contributed by atoms with van der Waals surface area (Å²) in [5.74, 6) is 0.552. The van der Waals surface area contributed by atoms with E-state index in [4.69, 9.17) is 4.42 Å². The Morgan fingerprint density at radius 3 is 3.21 bits per heavy atom. The van der Waals surface area contributed by atoms with Gasteiger partial charge in [-0.1, -0.05) is 0 Å². The molecule has 0 saturated carbocycles. The molecular weight excluding hydrogens is 200 g/mol. The van der Waals surface area contributed by atoms with Gasteiger partial charge in [-0.05, 0) is 12.1 Å². The molecule has 0 aliphatic rings. The minimum absolute atomic E-state index is 0.178. The van der Waals surface area contributed by atoms with Crippen molar-refractivity contribution in [2.45, 2.75) is 6.54 Å². The van der Waals surface area contributed by atoms with Crippen molar-refractivity contribution in [2.24, 2.45) is 0 Å². The second-order valence-corrected chi connectivity index (χ2v) is 3.35. The number of aromatic nitrogens is 1. The van der Waals surface area contributed by atoms with E-state index in [1.54, 1.807) is 29.3 Å². The van der Waals surface area contributed by atoms with Gasteiger partial charge < -0.3 is 9.73 Å². The highest BCUT2D eigenvalue weighted by Gasteiger charge is 2.06. The molecular formula is C9H8N2O2S. The predicted octanol–water partition coefficient (Wildman–Crippen LogP) is 1.67. The molecule has 0 aromatic carbocycles. The first-order valence-corrected chi connectivity index (χ1v) is 4.99. The molecule has 2 heterocycles. The lowest BCUT2D eigenvalue weighted by atomic mass is 10.4. The molecule has 1 N–H and O–H groups in total. The van der Waals surface area contributed by atoms with Crippen LogP contribution in [0.1, 0.15) is 16.2 Å². The lowest BCUT2D eigenvalue weighted by molar-refractivity contribution is 0.0944. The van der Waals surface area contributed by atoms with Gasteiger partial charge in [0.05, 0.1) is 18.3 Å². The number of nitrogens with zero attached hydrogens (tertiary/aromatic N) is 1. The Morgan fingerprint density at radius 2 is 2.57 bits per heavy atom. The van der Waals surface area contributed by atoms with Crippen molar-refractivity contribution in [3.8, 4) is 0 Å². The summed E-state index contributed by atoms with van der Waals surface area (Å²) >= 11 is 1.40. The summed E-state index contributed by atoms with van der Waals surface area (Å²) in [5, 5.41) is 4.40. The van der Waals surface area contributed by atoms with E-state index >= 15 is 0 Å². The van der Waals surface area contributed by atoms with E-state index in [1.807, 2.05) is 0 Å². The molecule has 2 aromatic heterocycles. The minimum atomic E-state index is -0.178. The molecule has 2 rings (SSSR count). The van der Waals surface area contributed by atoms with Crippen molar-refractivity contribution < 1.29 is 9.21 Å². The summed E-state index contributed by atoms with van der Waals surface area (Å²) in [4.78, 5) is 15.3. The highest BCUT2D eigenvalue weighted by atomic mass is 32.1. The fraction of sp³-hybridized carbons (Fsp3) is 0.111. The summed E-state index contributed by atoms with van der Waals surface area (Å²) < 4.78 is 5.07. The number of carbonyl (C=O) groups excluding carboxylic acids is 1. The van der Waals surface area contributed by atoms with Crippen LogP contribution < -0.4 is 5.32 Å². The van der Waals surface area contributed by atoms with Crippen LogP contribution in [0.2, 0.25) is 0 Å². The van der Waals surface area contributed by atoms with Crippen molar-refractivity contribution >= 4 is 17.2 Å². The fourth-order valence-electron chi connectivity index (χ4n) is 0.996. The second-order valence-electron chi connectivity index (χ2n) is 2.64. The zero-order valence-corrected chi connectivity index (χ0v) is 8.08. The number of hydrogen-bond acceptors (Lipinski definition) is 4. The first-order valence-electron chi connectivity index (χ1n) is 4.05. The Kier molecular flexibility index (Phi) is 2.60. The fourth-order valence-corrected chi connectivity index (χ4v) is 1.53. The Bertz CT molecular complexity index is 394. The lowest BCUT2D eigenvalue weighted by Crippen LogP contribution is -2.22. The number of carbonyl (C=O) groups is 1. The smallest absolute Gasteiger partial charge is 0.271 e. The van der Waals surface area contributed by atoms with Crippen molar-refractivity contribution in [2.75, 3.05) is 0 Å². The lowest BCUT2D eigenvalue weighted by Gasteiger charge is -1.99. The van der Waals surface area contributed by atoms with Crippen molar-refractivity contribution in [1.82, 2.24) is 10.3 Å². The van der Waals surface area contributed by atoms with Gasteiger partial charge in [-0.2, -0.15) is 0 Å². The summed E-state index contributed by atoms with van der Waals surface area (Å²) in [6.07, 6.45) is 1.57. The standard InChI is InChI=1S/C9H8N2O2S/c12-9(8-5-14-6-11-8)10-4-7-2-1-3-13-7/h1-3,5-6H,4H2,(H,10,12). The Morgan fingerprint density at radius 1 is 1.64 bits per heavy atom. The van der Waals surface area contributed by atoms with E-state index in [0.717, 1.165) is 5.76 Å². The van der Waals surface area contributed by atoms with E-state index < -0.39 is 0 Å². The molecule has 2 aromatic rings. The maximum absolute atomic E-state index is 11.4. The zero-order chi connectivity index (χ0) is 9.80. The van der Waals surface area contributed by atoms with Crippen LogP contribution in [-0.2, 0) is 6.54 Å². The van der Waals surface area contributed by atoms with Crippen LogP contribution in [0.15, 0.2) is 33.7 Å². The zero-order valence-electron chi connectivity index (χ0n) is 7.27. The third kappa shape index (κ3) is 2.00. The molecule has 1 amide bonds. The third-order valence-corrected chi connectivity index (χ3v) is 2.25. The van der Waals surface area contributed by atoms with Gasteiger partial charge in [0.25, 0.3) is 5.91 Å². The second kappa shape index (κ2) is 4.06. The van der Waals surface area contributed by atoms with Crippen LogP contribution in [0.25, 0.3) is 0 Å². The molecule has 0 bridgehead atoms. The van der Waals surface area contributed by atoms with Crippen LogP contribution in [0.5, 0.6) is 0 Å². The van der Waals surface area contributed by atoms with Crippen LogP contribution in [0, 0.1) is 0 Å². The molecule has 0 spiro atoms. The number of nitrogens with one attached hydrogen (secondary N) is 1. The molecule has 4 nitrogen and oxygen atoms in total. The molecule has 5 heteroatoms. The Balaban J connectivity index is 1.90. The Labute approximate surface area is 84.6 Å². The monoisotopic (exact) mass is 208 g/mol. The van der Waals surface area contributed by atoms with Gasteiger partial charge in [0.15, 0.2) is 0 Å². The summed E-state index contributed by atoms with van der Waals surface area (Å²) in [7, 11) is 0. The molecule has 14 heavy (non-hydrogen) atoms. The molecule has 0 aliphatic carbocycles. The van der Waals surface area contributed by atoms with Gasteiger partial charge in [-0.15, -0.1) is 11.3 Å². The van der Waals surface area contributed by atoms with Crippen LogP contribution >= 0.6 is 11.3 Å². The molecule has 72 valence electrons. The number of rotatable bonds is 3. The van der Waals surface area contributed by atoms with Gasteiger partial charge in [0.1, 0.15) is 11.5 Å². The molecule has 0 saturated heterocycles. The molecule has 0 radical (unpaired) electrons. The van der Waals surface area contributed by atoms with E-state index in [1.165, 1.54) is 11.3 Å². The molecule has 0 atom stereocenters. The van der Waals surface area contributed by atoms with Crippen LogP contribution in [0.4, 0.5) is 0 Å². The first-order chi connectivity index (χ1) is 6.86. The topological polar surface area (TPSA) is 55.1 Å². The normalized spacial score (nSPS) is 10.0. The van der Waals surface area contributed by atoms with E-state index in [9.17, 15) is 4.79 Å². The predicted molar refractivity (Wildman–Crippen MR) is 52.0 cm³/mol. The number of thiazole rings is 1. The largest absolute Gasteiger partial charge is 0.467 e. The van der Waals surface area contributed by atoms with Crippen molar-refractivity contribution in [3.63, 3.8) is 0 Å². The first kappa shape index (κ1) is 8.96. The summed E-state index contributed by atoms with van der Waals surface area (Å²) in [6.45, 7) is 0.392. The Hall–Kier alpha value is -1.62. The van der Waals surface area contributed by atoms with Crippen molar-refractivity contribution in [1.29, 1.82) is 0 Å². The van der Waals surface area contributed by atoms with E-state index in [2.05, 4.69) is 10.3 Å². The summed E-state index contributed by atoms with van der Waals surface area (Å²) in [5.41, 5.74) is 2.07. The third-order valence-electron chi connectivity index (χ3n) is 1.67. The molecule has 0 unspecified atom stereocenters. The number of amides is 1. The van der Waals surface area contributed by atoms with Crippen molar-refractivity contribution in [3.05, 3.63) is 40.7 Å². The average molecular weight is 208 g/mol. The average Bonchev–Trinajstić information content (AvgIpc) is 2.87. The van der Waals surface area contributed by atoms with Gasteiger partial charge in [0, 0.05) is 5.38 Å². The molecule has 0 fully saturated rings. The minimum Gasteiger partial charge on any atom is -0.467 e. The van der Waals surface area contributed by atoms with E-state index in [-0.39, 0.29) is 5.91 Å². The van der Waals surface area contributed by atoms with Gasteiger partial charge in [-0.25, -0.2) is 4.98 Å².